The number of Topliss-reactive ketones (excluding diaryl/α,β-unsaturated/α-hetero) is 1. The number of ketones is 1. The molecule has 3 aromatic carbocycles. The Bertz CT molecular complexity index is 1370. The van der Waals surface area contributed by atoms with E-state index in [0.29, 0.717) is 22.1 Å². The average Bonchev–Trinajstić information content (AvgIpc) is 3.01. The van der Waals surface area contributed by atoms with E-state index in [1.165, 1.54) is 0 Å². The molecule has 0 saturated heterocycles. The second kappa shape index (κ2) is 9.69. The van der Waals surface area contributed by atoms with Crippen molar-refractivity contribution >= 4 is 49.7 Å². The number of carbonyl (C=O) groups is 1. The van der Waals surface area contributed by atoms with Crippen LogP contribution in [0.3, 0.4) is 0 Å². The molecule has 1 aromatic heterocycles. The zero-order chi connectivity index (χ0) is 23.0. The molecule has 0 aliphatic rings. The first-order valence-corrected chi connectivity index (χ1v) is 11.3. The lowest BCUT2D eigenvalue weighted by Gasteiger charge is -2.22. The van der Waals surface area contributed by atoms with Crippen LogP contribution in [0.2, 0.25) is 0 Å². The SMILES string of the molecule is Br.CC(C)(C)c1cc(C(=O)Cn2c(=N)n(Cc3ccccc3)c3ccccc32)cc(Br)c1O. The second-order valence-corrected chi connectivity index (χ2v) is 9.85. The summed E-state index contributed by atoms with van der Waals surface area (Å²) in [4.78, 5) is 13.3. The van der Waals surface area contributed by atoms with Crippen molar-refractivity contribution in [3.63, 3.8) is 0 Å². The van der Waals surface area contributed by atoms with Gasteiger partial charge >= 0.3 is 0 Å². The fourth-order valence-electron chi connectivity index (χ4n) is 3.95. The van der Waals surface area contributed by atoms with Crippen molar-refractivity contribution in [2.45, 2.75) is 39.3 Å². The number of aromatic hydroxyl groups is 1. The number of para-hydroxylation sites is 2. The molecule has 2 N–H and O–H groups in total. The summed E-state index contributed by atoms with van der Waals surface area (Å²) in [7, 11) is 0. The Morgan fingerprint density at radius 3 is 2.15 bits per heavy atom. The largest absolute Gasteiger partial charge is 0.506 e. The van der Waals surface area contributed by atoms with Gasteiger partial charge in [0.05, 0.1) is 28.6 Å². The number of phenols is 1. The molecule has 0 unspecified atom stereocenters. The first-order chi connectivity index (χ1) is 15.2. The van der Waals surface area contributed by atoms with Crippen molar-refractivity contribution in [1.82, 2.24) is 9.13 Å². The fraction of sp³-hybridized carbons (Fsp3) is 0.231. The predicted molar refractivity (Wildman–Crippen MR) is 140 cm³/mol. The summed E-state index contributed by atoms with van der Waals surface area (Å²) in [6.07, 6.45) is 0. The Morgan fingerprint density at radius 2 is 1.55 bits per heavy atom. The van der Waals surface area contributed by atoms with Crippen LogP contribution in [0.25, 0.3) is 11.0 Å². The highest BCUT2D eigenvalue weighted by Crippen LogP contribution is 2.37. The van der Waals surface area contributed by atoms with Crippen molar-refractivity contribution in [2.24, 2.45) is 0 Å². The van der Waals surface area contributed by atoms with Crippen LogP contribution < -0.4 is 5.62 Å². The van der Waals surface area contributed by atoms with E-state index in [1.54, 1.807) is 16.7 Å². The van der Waals surface area contributed by atoms with Crippen LogP contribution in [0.15, 0.2) is 71.2 Å². The van der Waals surface area contributed by atoms with Gasteiger partial charge in [-0.1, -0.05) is 63.2 Å². The molecule has 4 rings (SSSR count). The molecular formula is C26H27Br2N3O2. The molecule has 0 radical (unpaired) electrons. The number of carbonyl (C=O) groups excluding carboxylic acids is 1. The van der Waals surface area contributed by atoms with Gasteiger partial charge in [-0.15, -0.1) is 17.0 Å². The Morgan fingerprint density at radius 1 is 0.970 bits per heavy atom. The van der Waals surface area contributed by atoms with Gasteiger partial charge in [-0.2, -0.15) is 0 Å². The van der Waals surface area contributed by atoms with Crippen LogP contribution in [0.4, 0.5) is 0 Å². The van der Waals surface area contributed by atoms with Gasteiger partial charge in [0.2, 0.25) is 5.62 Å². The van der Waals surface area contributed by atoms with Gasteiger partial charge in [0.25, 0.3) is 0 Å². The quantitative estimate of drug-likeness (QED) is 0.280. The number of halogens is 2. The maximum atomic E-state index is 13.3. The van der Waals surface area contributed by atoms with Crippen molar-refractivity contribution in [3.05, 3.63) is 93.5 Å². The molecule has 4 aromatic rings. The number of nitrogens with zero attached hydrogens (tertiary/aromatic N) is 2. The van der Waals surface area contributed by atoms with Crippen LogP contribution in [0.1, 0.15) is 42.3 Å². The molecule has 7 heteroatoms. The van der Waals surface area contributed by atoms with Crippen molar-refractivity contribution in [2.75, 3.05) is 0 Å². The zero-order valence-electron chi connectivity index (χ0n) is 18.8. The fourth-order valence-corrected chi connectivity index (χ4v) is 4.41. The predicted octanol–water partition coefficient (Wildman–Crippen LogP) is 6.20. The van der Waals surface area contributed by atoms with Crippen molar-refractivity contribution in [3.8, 4) is 5.75 Å². The molecular weight excluding hydrogens is 546 g/mol. The molecule has 0 atom stereocenters. The van der Waals surface area contributed by atoms with E-state index in [9.17, 15) is 9.90 Å². The number of imidazole rings is 1. The van der Waals surface area contributed by atoms with E-state index in [-0.39, 0.29) is 46.1 Å². The third kappa shape index (κ3) is 4.99. The van der Waals surface area contributed by atoms with E-state index in [1.807, 2.05) is 79.9 Å². The Labute approximate surface area is 212 Å². The van der Waals surface area contributed by atoms with Crippen molar-refractivity contribution in [1.29, 1.82) is 5.41 Å². The lowest BCUT2D eigenvalue weighted by molar-refractivity contribution is 0.0971. The number of hydrogen-bond donors (Lipinski definition) is 2. The number of benzene rings is 3. The van der Waals surface area contributed by atoms with Crippen LogP contribution in [0.5, 0.6) is 5.75 Å². The molecule has 0 amide bonds. The normalized spacial score (nSPS) is 11.4. The second-order valence-electron chi connectivity index (χ2n) is 9.00. The molecule has 0 saturated carbocycles. The Kier molecular flexibility index (Phi) is 7.34. The maximum absolute atomic E-state index is 13.3. The summed E-state index contributed by atoms with van der Waals surface area (Å²) in [6, 6.07) is 21.2. The minimum absolute atomic E-state index is 0. The van der Waals surface area contributed by atoms with E-state index in [4.69, 9.17) is 5.41 Å². The average molecular weight is 573 g/mol. The number of phenolic OH excluding ortho intramolecular Hbond substituents is 1. The Hall–Kier alpha value is -2.64. The van der Waals surface area contributed by atoms with E-state index < -0.39 is 0 Å². The third-order valence-electron chi connectivity index (χ3n) is 5.65. The van der Waals surface area contributed by atoms with Gasteiger partial charge in [-0.25, -0.2) is 0 Å². The van der Waals surface area contributed by atoms with Gasteiger partial charge in [0.15, 0.2) is 5.78 Å². The molecule has 0 bridgehead atoms. The summed E-state index contributed by atoms with van der Waals surface area (Å²) in [5, 5.41) is 19.3. The maximum Gasteiger partial charge on any atom is 0.203 e. The minimum atomic E-state index is -0.317. The first-order valence-electron chi connectivity index (χ1n) is 10.5. The van der Waals surface area contributed by atoms with Gasteiger partial charge in [-0.3, -0.25) is 10.2 Å². The number of fused-ring (bicyclic) bond motifs is 1. The molecule has 0 fully saturated rings. The molecule has 0 aliphatic carbocycles. The van der Waals surface area contributed by atoms with Crippen LogP contribution in [-0.2, 0) is 18.5 Å². The molecule has 172 valence electrons. The zero-order valence-corrected chi connectivity index (χ0v) is 22.1. The molecule has 0 spiro atoms. The minimum Gasteiger partial charge on any atom is -0.506 e. The van der Waals surface area contributed by atoms with E-state index in [0.717, 1.165) is 16.6 Å². The summed E-state index contributed by atoms with van der Waals surface area (Å²) in [6.45, 7) is 6.59. The van der Waals surface area contributed by atoms with Crippen molar-refractivity contribution < 1.29 is 9.90 Å². The third-order valence-corrected chi connectivity index (χ3v) is 6.26. The summed E-state index contributed by atoms with van der Waals surface area (Å²) in [5.74, 6) is 0.0414. The molecule has 5 nitrogen and oxygen atoms in total. The standard InChI is InChI=1S/C26H26BrN3O2.BrH/c1-26(2,3)19-13-18(14-20(27)24(19)32)23(31)16-30-22-12-8-7-11-21(22)29(25(30)28)15-17-9-5-4-6-10-17;/h4-14,28,32H,15-16H2,1-3H3;1H. The lowest BCUT2D eigenvalue weighted by Crippen LogP contribution is -2.28. The summed E-state index contributed by atoms with van der Waals surface area (Å²) in [5.41, 5.74) is 4.02. The molecule has 0 aliphatic heterocycles. The summed E-state index contributed by atoms with van der Waals surface area (Å²) >= 11 is 3.39. The monoisotopic (exact) mass is 571 g/mol. The number of rotatable bonds is 5. The number of aromatic nitrogens is 2. The topological polar surface area (TPSA) is 71.0 Å². The van der Waals surface area contributed by atoms with Gasteiger partial charge < -0.3 is 14.2 Å². The van der Waals surface area contributed by atoms with Crippen LogP contribution in [0, 0.1) is 5.41 Å². The number of nitrogens with one attached hydrogen (secondary N) is 1. The highest BCUT2D eigenvalue weighted by molar-refractivity contribution is 9.10. The van der Waals surface area contributed by atoms with Gasteiger partial charge in [-0.05, 0) is 51.2 Å². The highest BCUT2D eigenvalue weighted by Gasteiger charge is 2.23. The summed E-state index contributed by atoms with van der Waals surface area (Å²) < 4.78 is 4.17. The molecule has 33 heavy (non-hydrogen) atoms. The van der Waals surface area contributed by atoms with Crippen LogP contribution in [-0.4, -0.2) is 20.0 Å². The van der Waals surface area contributed by atoms with Gasteiger partial charge in [0, 0.05) is 11.1 Å². The lowest BCUT2D eigenvalue weighted by atomic mass is 9.85. The smallest absolute Gasteiger partial charge is 0.203 e. The Balaban J connectivity index is 0.00000306. The first kappa shape index (κ1) is 25.0. The number of hydrogen-bond acceptors (Lipinski definition) is 3. The van der Waals surface area contributed by atoms with Gasteiger partial charge in [0.1, 0.15) is 5.75 Å². The van der Waals surface area contributed by atoms with E-state index in [2.05, 4.69) is 15.9 Å². The molecule has 1 heterocycles. The van der Waals surface area contributed by atoms with E-state index >= 15 is 0 Å². The highest BCUT2D eigenvalue weighted by atomic mass is 79.9. The van der Waals surface area contributed by atoms with Crippen LogP contribution >= 0.6 is 32.9 Å².